The molecule has 0 aliphatic carbocycles. The predicted octanol–water partition coefficient (Wildman–Crippen LogP) is 3.66. The Balaban J connectivity index is 1.85. The van der Waals surface area contributed by atoms with Gasteiger partial charge in [0.15, 0.2) is 11.5 Å². The van der Waals surface area contributed by atoms with E-state index in [1.165, 1.54) is 18.2 Å². The van der Waals surface area contributed by atoms with Crippen LogP contribution in [0.4, 0.5) is 5.69 Å². The zero-order valence-electron chi connectivity index (χ0n) is 16.0. The zero-order valence-corrected chi connectivity index (χ0v) is 16.0. The molecule has 29 heavy (non-hydrogen) atoms. The summed E-state index contributed by atoms with van der Waals surface area (Å²) in [6.45, 7) is 0.531. The first-order valence-corrected chi connectivity index (χ1v) is 9.14. The van der Waals surface area contributed by atoms with Gasteiger partial charge in [-0.3, -0.25) is 19.5 Å². The molecule has 3 aromatic rings. The maximum atomic E-state index is 13.0. The molecule has 2 heterocycles. The first-order chi connectivity index (χ1) is 14.0. The molecule has 1 aliphatic rings. The van der Waals surface area contributed by atoms with Crippen LogP contribution in [0.25, 0.3) is 22.6 Å². The molecule has 0 saturated carbocycles. The van der Waals surface area contributed by atoms with Crippen molar-refractivity contribution in [3.63, 3.8) is 0 Å². The van der Waals surface area contributed by atoms with Crippen molar-refractivity contribution < 1.29 is 14.4 Å². The van der Waals surface area contributed by atoms with Crippen molar-refractivity contribution in [3.05, 3.63) is 68.3 Å². The lowest BCUT2D eigenvalue weighted by Gasteiger charge is -2.21. The molecule has 4 rings (SSSR count). The zero-order chi connectivity index (χ0) is 20.5. The van der Waals surface area contributed by atoms with Crippen LogP contribution in [-0.4, -0.2) is 28.7 Å². The molecule has 1 aromatic heterocycles. The van der Waals surface area contributed by atoms with Gasteiger partial charge in [0.25, 0.3) is 11.2 Å². The average Bonchev–Trinajstić information content (AvgIpc) is 2.74. The number of nitrogens with zero attached hydrogens (tertiary/aromatic N) is 3. The lowest BCUT2D eigenvalue weighted by Crippen LogP contribution is -2.27. The molecule has 0 radical (unpaired) electrons. The van der Waals surface area contributed by atoms with E-state index in [1.807, 2.05) is 24.3 Å². The number of methoxy groups -OCH3 is 2. The molecule has 0 amide bonds. The highest BCUT2D eigenvalue weighted by Crippen LogP contribution is 2.32. The maximum absolute atomic E-state index is 13.0. The maximum Gasteiger partial charge on any atom is 0.270 e. The summed E-state index contributed by atoms with van der Waals surface area (Å²) in [6.07, 6.45) is 3.55. The first kappa shape index (κ1) is 18.7. The fourth-order valence-electron chi connectivity index (χ4n) is 3.59. The van der Waals surface area contributed by atoms with Gasteiger partial charge in [-0.15, -0.1) is 0 Å². The number of ether oxygens (including phenoxy) is 2. The van der Waals surface area contributed by atoms with Crippen molar-refractivity contribution in [1.82, 2.24) is 9.55 Å². The molecule has 2 aromatic carbocycles. The van der Waals surface area contributed by atoms with Crippen LogP contribution in [0, 0.1) is 10.1 Å². The standard InChI is InChI=1S/C21H19N3O5/c1-28-18-8-5-13(11-19(18)29-2)10-14-4-3-9-23-20(14)22-17-7-6-15(24(26)27)12-16(17)21(23)25/h5-8,10-12H,3-4,9H2,1-2H3/b14-10+. The Morgan fingerprint density at radius 3 is 2.66 bits per heavy atom. The minimum Gasteiger partial charge on any atom is -0.493 e. The Bertz CT molecular complexity index is 1210. The smallest absolute Gasteiger partial charge is 0.270 e. The number of nitro benzene ring substituents is 1. The third kappa shape index (κ3) is 3.33. The van der Waals surface area contributed by atoms with E-state index < -0.39 is 4.92 Å². The Morgan fingerprint density at radius 2 is 1.93 bits per heavy atom. The van der Waals surface area contributed by atoms with E-state index in [4.69, 9.17) is 9.47 Å². The Hall–Kier alpha value is -3.68. The normalized spacial score (nSPS) is 14.6. The van der Waals surface area contributed by atoms with Crippen LogP contribution in [0.15, 0.2) is 41.2 Å². The number of rotatable bonds is 4. The molecule has 8 nitrogen and oxygen atoms in total. The molecule has 0 unspecified atom stereocenters. The van der Waals surface area contributed by atoms with Crippen LogP contribution < -0.4 is 15.0 Å². The van der Waals surface area contributed by atoms with Gasteiger partial charge in [-0.05, 0) is 48.3 Å². The van der Waals surface area contributed by atoms with Gasteiger partial charge in [-0.1, -0.05) is 6.07 Å². The number of non-ortho nitro benzene ring substituents is 1. The summed E-state index contributed by atoms with van der Waals surface area (Å²) in [5, 5.41) is 11.3. The second-order valence-electron chi connectivity index (χ2n) is 6.74. The lowest BCUT2D eigenvalue weighted by atomic mass is 10.0. The third-order valence-corrected chi connectivity index (χ3v) is 5.01. The minimum atomic E-state index is -0.509. The molecule has 0 spiro atoms. The fourth-order valence-corrected chi connectivity index (χ4v) is 3.59. The van der Waals surface area contributed by atoms with Gasteiger partial charge in [0.05, 0.1) is 30.0 Å². The van der Waals surface area contributed by atoms with Crippen LogP contribution >= 0.6 is 0 Å². The summed E-state index contributed by atoms with van der Waals surface area (Å²) in [6, 6.07) is 9.80. The molecule has 1 aliphatic heterocycles. The monoisotopic (exact) mass is 393 g/mol. The van der Waals surface area contributed by atoms with Crippen molar-refractivity contribution in [2.45, 2.75) is 19.4 Å². The Kier molecular flexibility index (Phi) is 4.75. The quantitative estimate of drug-likeness (QED) is 0.496. The summed E-state index contributed by atoms with van der Waals surface area (Å²) >= 11 is 0. The molecule has 8 heteroatoms. The summed E-state index contributed by atoms with van der Waals surface area (Å²) in [7, 11) is 3.16. The van der Waals surface area contributed by atoms with Gasteiger partial charge in [-0.25, -0.2) is 4.98 Å². The Labute approximate surface area is 166 Å². The number of aromatic nitrogens is 2. The summed E-state index contributed by atoms with van der Waals surface area (Å²) in [5.74, 6) is 1.85. The van der Waals surface area contributed by atoms with E-state index in [1.54, 1.807) is 18.8 Å². The second kappa shape index (κ2) is 7.38. The summed E-state index contributed by atoms with van der Waals surface area (Å²) < 4.78 is 12.2. The highest BCUT2D eigenvalue weighted by atomic mass is 16.6. The van der Waals surface area contributed by atoms with Crippen molar-refractivity contribution >= 4 is 28.2 Å². The topological polar surface area (TPSA) is 96.5 Å². The molecule has 0 atom stereocenters. The average molecular weight is 393 g/mol. The van der Waals surface area contributed by atoms with Crippen LogP contribution in [0.3, 0.4) is 0 Å². The number of nitro groups is 1. The van der Waals surface area contributed by atoms with Crippen LogP contribution in [0.1, 0.15) is 24.2 Å². The SMILES string of the molecule is COc1ccc(/C=C2\CCCn3c2nc2ccc([N+](=O)[O-])cc2c3=O)cc1OC. The van der Waals surface area contributed by atoms with Gasteiger partial charge < -0.3 is 9.47 Å². The molecular formula is C21H19N3O5. The molecule has 0 bridgehead atoms. The van der Waals surface area contributed by atoms with Gasteiger partial charge in [0.1, 0.15) is 5.82 Å². The molecule has 0 saturated heterocycles. The summed E-state index contributed by atoms with van der Waals surface area (Å²) in [5.41, 5.74) is 1.91. The van der Waals surface area contributed by atoms with E-state index in [9.17, 15) is 14.9 Å². The van der Waals surface area contributed by atoms with Crippen LogP contribution in [0.5, 0.6) is 11.5 Å². The second-order valence-corrected chi connectivity index (χ2v) is 6.74. The van der Waals surface area contributed by atoms with Crippen LogP contribution in [-0.2, 0) is 6.54 Å². The molecule has 148 valence electrons. The van der Waals surface area contributed by atoms with Crippen molar-refractivity contribution in [2.75, 3.05) is 14.2 Å². The van der Waals surface area contributed by atoms with Crippen molar-refractivity contribution in [2.24, 2.45) is 0 Å². The largest absolute Gasteiger partial charge is 0.493 e. The number of hydrogen-bond acceptors (Lipinski definition) is 6. The van der Waals surface area contributed by atoms with Gasteiger partial charge >= 0.3 is 0 Å². The van der Waals surface area contributed by atoms with E-state index >= 15 is 0 Å². The minimum absolute atomic E-state index is 0.117. The van der Waals surface area contributed by atoms with E-state index in [0.29, 0.717) is 29.4 Å². The van der Waals surface area contributed by atoms with Gasteiger partial charge in [0, 0.05) is 18.7 Å². The highest BCUT2D eigenvalue weighted by Gasteiger charge is 2.20. The van der Waals surface area contributed by atoms with E-state index in [-0.39, 0.29) is 16.6 Å². The molecule has 0 N–H and O–H groups in total. The van der Waals surface area contributed by atoms with Gasteiger partial charge in [-0.2, -0.15) is 0 Å². The number of benzene rings is 2. The van der Waals surface area contributed by atoms with Gasteiger partial charge in [0.2, 0.25) is 0 Å². The lowest BCUT2D eigenvalue weighted by molar-refractivity contribution is -0.384. The predicted molar refractivity (Wildman–Crippen MR) is 109 cm³/mol. The van der Waals surface area contributed by atoms with Crippen molar-refractivity contribution in [1.29, 1.82) is 0 Å². The fraction of sp³-hybridized carbons (Fsp3) is 0.238. The number of hydrogen-bond donors (Lipinski definition) is 0. The van der Waals surface area contributed by atoms with E-state index in [2.05, 4.69) is 4.98 Å². The number of fused-ring (bicyclic) bond motifs is 2. The first-order valence-electron chi connectivity index (χ1n) is 9.14. The highest BCUT2D eigenvalue weighted by molar-refractivity contribution is 5.85. The third-order valence-electron chi connectivity index (χ3n) is 5.01. The van der Waals surface area contributed by atoms with E-state index in [0.717, 1.165) is 24.0 Å². The Morgan fingerprint density at radius 1 is 1.14 bits per heavy atom. The number of allylic oxidation sites excluding steroid dienone is 1. The molecular weight excluding hydrogens is 374 g/mol. The molecule has 0 fully saturated rings. The van der Waals surface area contributed by atoms with Crippen molar-refractivity contribution in [3.8, 4) is 11.5 Å². The van der Waals surface area contributed by atoms with Crippen LogP contribution in [0.2, 0.25) is 0 Å². The summed E-state index contributed by atoms with van der Waals surface area (Å²) in [4.78, 5) is 28.2.